The summed E-state index contributed by atoms with van der Waals surface area (Å²) in [4.78, 5) is 15.1. The van der Waals surface area contributed by atoms with Gasteiger partial charge in [0, 0.05) is 11.8 Å². The van der Waals surface area contributed by atoms with E-state index in [2.05, 4.69) is 45.6 Å². The molecule has 9 heteroatoms. The van der Waals surface area contributed by atoms with Crippen molar-refractivity contribution in [3.8, 4) is 5.88 Å². The molecule has 5 rings (SSSR count). The summed E-state index contributed by atoms with van der Waals surface area (Å²) in [6, 6.07) is 18.6. The molecule has 2 aliphatic rings. The monoisotopic (exact) mass is 591 g/mol. The highest BCUT2D eigenvalue weighted by molar-refractivity contribution is 7.92. The van der Waals surface area contributed by atoms with Crippen molar-refractivity contribution >= 4 is 25.3 Å². The van der Waals surface area contributed by atoms with Crippen molar-refractivity contribution in [3.63, 3.8) is 0 Å². The Labute approximate surface area is 245 Å². The lowest BCUT2D eigenvalue weighted by Crippen LogP contribution is -2.67. The number of ether oxygens (including phenoxy) is 1. The van der Waals surface area contributed by atoms with Gasteiger partial charge in [-0.25, -0.2) is 0 Å². The summed E-state index contributed by atoms with van der Waals surface area (Å²) in [5.41, 5.74) is -1.10. The topological polar surface area (TPSA) is 105 Å². The molecule has 41 heavy (non-hydrogen) atoms. The molecule has 1 N–H and O–H groups in total. The molecule has 2 unspecified atom stereocenters. The van der Waals surface area contributed by atoms with E-state index in [1.54, 1.807) is 24.3 Å². The van der Waals surface area contributed by atoms with Crippen LogP contribution >= 0.6 is 0 Å². The van der Waals surface area contributed by atoms with E-state index in [4.69, 9.17) is 13.7 Å². The number of nitrogens with zero attached hydrogens (tertiary/aromatic N) is 1. The number of hydrogen-bond acceptors (Lipinski definition) is 7. The first kappa shape index (κ1) is 29.5. The maximum atomic E-state index is 14.5. The summed E-state index contributed by atoms with van der Waals surface area (Å²) in [7, 11) is -2.59. The number of carbonyl (C=O) groups excluding carboxylic acids is 1. The number of ketones is 1. The van der Waals surface area contributed by atoms with Crippen LogP contribution in [0.2, 0.25) is 18.1 Å². The molecule has 0 radical (unpaired) electrons. The first-order chi connectivity index (χ1) is 19.4. The molecule has 0 saturated carbocycles. The van der Waals surface area contributed by atoms with Crippen LogP contribution in [0.25, 0.3) is 0 Å². The summed E-state index contributed by atoms with van der Waals surface area (Å²) in [5, 5.41) is 15.8. The highest BCUT2D eigenvalue weighted by Crippen LogP contribution is 2.53. The van der Waals surface area contributed by atoms with Crippen LogP contribution in [0.3, 0.4) is 0 Å². The fraction of sp³-hybridized carbons (Fsp3) is 0.375. The van der Waals surface area contributed by atoms with Crippen LogP contribution in [0.5, 0.6) is 5.88 Å². The Balaban J connectivity index is 1.61. The fourth-order valence-corrected chi connectivity index (χ4v) is 8.18. The Morgan fingerprint density at radius 3 is 2.37 bits per heavy atom. The second-order valence-corrected chi connectivity index (χ2v) is 18.6. The first-order valence-corrected chi connectivity index (χ1v) is 17.9. The molecule has 1 aromatic heterocycles. The highest BCUT2D eigenvalue weighted by atomic mass is 32.2. The fourth-order valence-electron chi connectivity index (χ4n) is 5.30. The summed E-state index contributed by atoms with van der Waals surface area (Å²) < 4.78 is 32.6. The van der Waals surface area contributed by atoms with Gasteiger partial charge in [-0.05, 0) is 58.2 Å². The second kappa shape index (κ2) is 11.0. The number of allylic oxidation sites excluding steroid dienone is 1. The van der Waals surface area contributed by atoms with Crippen LogP contribution in [0.4, 0.5) is 0 Å². The van der Waals surface area contributed by atoms with Crippen molar-refractivity contribution in [2.45, 2.75) is 73.3 Å². The maximum Gasteiger partial charge on any atom is 0.265 e. The van der Waals surface area contributed by atoms with Crippen molar-refractivity contribution in [2.75, 3.05) is 0 Å². The average Bonchev–Trinajstić information content (AvgIpc) is 3.37. The third-order valence-corrected chi connectivity index (χ3v) is 14.7. The van der Waals surface area contributed by atoms with Crippen molar-refractivity contribution in [1.82, 2.24) is 5.16 Å². The highest BCUT2D eigenvalue weighted by Gasteiger charge is 2.65. The molecule has 3 aromatic rings. The normalized spacial score (nSPS) is 26.7. The number of aliphatic hydroxyl groups is 1. The quantitative estimate of drug-likeness (QED) is 0.189. The van der Waals surface area contributed by atoms with Gasteiger partial charge < -0.3 is 23.3 Å². The van der Waals surface area contributed by atoms with Gasteiger partial charge in [-0.2, -0.15) is 0 Å². The summed E-state index contributed by atoms with van der Waals surface area (Å²) >= 11 is -1.61. The number of hydrogen-bond donors (Lipinski definition) is 1. The van der Waals surface area contributed by atoms with Crippen LogP contribution in [0.1, 0.15) is 48.4 Å². The molecule has 2 aliphatic carbocycles. The minimum atomic E-state index is -2.59. The van der Waals surface area contributed by atoms with E-state index in [1.807, 2.05) is 54.6 Å². The van der Waals surface area contributed by atoms with Gasteiger partial charge in [0.2, 0.25) is 5.78 Å². The van der Waals surface area contributed by atoms with E-state index in [0.717, 1.165) is 5.56 Å². The Bertz CT molecular complexity index is 1430. The minimum Gasteiger partial charge on any atom is -0.611 e. The lowest BCUT2D eigenvalue weighted by Gasteiger charge is -2.51. The third kappa shape index (κ3) is 5.14. The third-order valence-electron chi connectivity index (χ3n) is 8.64. The molecule has 0 saturated heterocycles. The zero-order valence-electron chi connectivity index (χ0n) is 24.1. The van der Waals surface area contributed by atoms with Crippen LogP contribution in [0.15, 0.2) is 94.9 Å². The Kier molecular flexibility index (Phi) is 7.95. The van der Waals surface area contributed by atoms with Gasteiger partial charge >= 0.3 is 0 Å². The molecule has 1 heterocycles. The summed E-state index contributed by atoms with van der Waals surface area (Å²) in [6.45, 7) is 14.5. The van der Waals surface area contributed by atoms with E-state index in [0.29, 0.717) is 10.7 Å². The van der Waals surface area contributed by atoms with Gasteiger partial charge in [-0.15, -0.1) is 6.58 Å². The van der Waals surface area contributed by atoms with Crippen LogP contribution in [-0.2, 0) is 22.2 Å². The maximum absolute atomic E-state index is 14.5. The Morgan fingerprint density at radius 1 is 1.12 bits per heavy atom. The lowest BCUT2D eigenvalue weighted by molar-refractivity contribution is -0.0774. The zero-order valence-corrected chi connectivity index (χ0v) is 25.9. The molecule has 0 amide bonds. The Hall–Kier alpha value is -2.95. The van der Waals surface area contributed by atoms with Gasteiger partial charge in [-0.3, -0.25) is 4.79 Å². The van der Waals surface area contributed by atoms with Gasteiger partial charge in [0.25, 0.3) is 5.88 Å². The van der Waals surface area contributed by atoms with E-state index >= 15 is 0 Å². The molecule has 7 nitrogen and oxygen atoms in total. The number of rotatable bonds is 8. The SMILES string of the molecule is C=C[C@@H]1c2onc(OCc3ccccc3)c2C(=O)[C@@]2(O)C(O[Si](C)(C)C(C)(C)C)[C@H]([S+]([O-])c3ccccc3)C=C[C@@H]12. The molecular formula is C32H37NO6SSi. The van der Waals surface area contributed by atoms with Crippen LogP contribution in [-0.4, -0.2) is 45.9 Å². The molecule has 0 fully saturated rings. The van der Waals surface area contributed by atoms with E-state index in [1.165, 1.54) is 0 Å². The standard InChI is InChI=1S/C32H37NO6SSi/c1-7-23-24-18-19-25(40(36)22-16-12-9-13-17-22)29(39-41(5,6)31(2,3)4)32(24,35)28(34)26-27(23)38-33-30(26)37-20-21-14-10-8-11-15-21/h7-19,23-25,29,35H,1,20H2,2-6H3/t23-,24-,25+,29?,32+,40?/m0/s1. The number of Topliss-reactive ketones (excluding diaryl/α,β-unsaturated/α-hetero) is 1. The van der Waals surface area contributed by atoms with E-state index < -0.39 is 54.1 Å². The van der Waals surface area contributed by atoms with Crippen molar-refractivity contribution < 1.29 is 28.1 Å². The predicted molar refractivity (Wildman–Crippen MR) is 161 cm³/mol. The Morgan fingerprint density at radius 2 is 1.76 bits per heavy atom. The molecule has 0 aliphatic heterocycles. The number of benzene rings is 2. The second-order valence-electron chi connectivity index (χ2n) is 12.2. The lowest BCUT2D eigenvalue weighted by atomic mass is 9.63. The largest absolute Gasteiger partial charge is 0.611 e. The van der Waals surface area contributed by atoms with Gasteiger partial charge in [0.15, 0.2) is 29.8 Å². The van der Waals surface area contributed by atoms with Crippen molar-refractivity contribution in [3.05, 3.63) is 102 Å². The summed E-state index contributed by atoms with van der Waals surface area (Å²) in [5.74, 6) is -1.64. The van der Waals surface area contributed by atoms with Gasteiger partial charge in [0.1, 0.15) is 18.3 Å². The predicted octanol–water partition coefficient (Wildman–Crippen LogP) is 6.20. The number of fused-ring (bicyclic) bond motifs is 2. The van der Waals surface area contributed by atoms with Crippen molar-refractivity contribution in [1.29, 1.82) is 0 Å². The van der Waals surface area contributed by atoms with Crippen molar-refractivity contribution in [2.24, 2.45) is 5.92 Å². The molecule has 216 valence electrons. The molecule has 6 atom stereocenters. The average molecular weight is 592 g/mol. The first-order valence-electron chi connectivity index (χ1n) is 13.8. The molecular weight excluding hydrogens is 555 g/mol. The van der Waals surface area contributed by atoms with E-state index in [9.17, 15) is 14.5 Å². The summed E-state index contributed by atoms with van der Waals surface area (Å²) in [6.07, 6.45) is 4.13. The van der Waals surface area contributed by atoms with E-state index in [-0.39, 0.29) is 23.1 Å². The molecule has 0 spiro atoms. The number of carbonyl (C=O) groups is 1. The van der Waals surface area contributed by atoms with Crippen LogP contribution < -0.4 is 4.74 Å². The smallest absolute Gasteiger partial charge is 0.265 e. The molecule has 2 aromatic carbocycles. The molecule has 0 bridgehead atoms. The van der Waals surface area contributed by atoms with Crippen LogP contribution in [0, 0.1) is 5.92 Å². The minimum absolute atomic E-state index is 0.00828. The zero-order chi connectivity index (χ0) is 29.6. The number of aromatic nitrogens is 1. The van der Waals surface area contributed by atoms with Gasteiger partial charge in [-0.1, -0.05) is 81.5 Å². The van der Waals surface area contributed by atoms with Gasteiger partial charge in [0.05, 0.1) is 0 Å².